The van der Waals surface area contributed by atoms with E-state index in [9.17, 15) is 0 Å². The van der Waals surface area contributed by atoms with Crippen LogP contribution >= 0.6 is 0 Å². The molecule has 1 heteroatoms. The molecule has 0 amide bonds. The highest BCUT2D eigenvalue weighted by atomic mass is 15.0. The molecule has 0 aliphatic heterocycles. The number of benzene rings is 2. The molecule has 3 aromatic rings. The van der Waals surface area contributed by atoms with E-state index in [1.807, 2.05) is 0 Å². The van der Waals surface area contributed by atoms with Gasteiger partial charge in [-0.1, -0.05) is 61.9 Å². The molecule has 0 unspecified atom stereocenters. The van der Waals surface area contributed by atoms with Gasteiger partial charge in [0, 0.05) is 17.8 Å². The largest absolute Gasteiger partial charge is 0.340 e. The minimum atomic E-state index is 0.966. The molecule has 1 nitrogen and oxygen atoms in total. The monoisotopic (exact) mass is 263 g/mol. The third-order valence-electron chi connectivity index (χ3n) is 3.87. The van der Waals surface area contributed by atoms with E-state index in [-0.39, 0.29) is 0 Å². The van der Waals surface area contributed by atoms with E-state index in [1.54, 1.807) is 0 Å². The second-order valence-electron chi connectivity index (χ2n) is 5.37. The summed E-state index contributed by atoms with van der Waals surface area (Å²) in [6, 6.07) is 21.8. The van der Waals surface area contributed by atoms with Gasteiger partial charge in [0.15, 0.2) is 0 Å². The quantitative estimate of drug-likeness (QED) is 0.608. The predicted molar refractivity (Wildman–Crippen MR) is 86.1 cm³/mol. The average Bonchev–Trinajstić information content (AvgIpc) is 2.84. The minimum absolute atomic E-state index is 0.966. The molecule has 1 aromatic heterocycles. The number of hydrogen-bond donors (Lipinski definition) is 0. The summed E-state index contributed by atoms with van der Waals surface area (Å²) in [5, 5.41) is 1.36. The average molecular weight is 263 g/mol. The SMILES string of the molecule is CCCCc1cc2ccccc2n1Cc1ccccc1. The molecule has 0 fully saturated rings. The van der Waals surface area contributed by atoms with Crippen molar-refractivity contribution in [1.82, 2.24) is 4.57 Å². The van der Waals surface area contributed by atoms with Crippen molar-refractivity contribution in [2.75, 3.05) is 0 Å². The molecule has 102 valence electrons. The number of unbranched alkanes of at least 4 members (excludes halogenated alkanes) is 1. The lowest BCUT2D eigenvalue weighted by Gasteiger charge is -2.11. The predicted octanol–water partition coefficient (Wildman–Crippen LogP) is 5.03. The zero-order chi connectivity index (χ0) is 13.8. The third kappa shape index (κ3) is 2.62. The molecular formula is C19H21N. The van der Waals surface area contributed by atoms with Crippen LogP contribution < -0.4 is 0 Å². The number of nitrogens with zero attached hydrogens (tertiary/aromatic N) is 1. The standard InChI is InChI=1S/C19H21N/c1-2-3-12-18-14-17-11-7-8-13-19(17)20(18)15-16-9-5-4-6-10-16/h4-11,13-14H,2-3,12,15H2,1H3. The number of para-hydroxylation sites is 1. The summed E-state index contributed by atoms with van der Waals surface area (Å²) < 4.78 is 2.47. The van der Waals surface area contributed by atoms with Crippen LogP contribution in [0.2, 0.25) is 0 Å². The Morgan fingerprint density at radius 1 is 0.900 bits per heavy atom. The fourth-order valence-corrected chi connectivity index (χ4v) is 2.79. The molecule has 0 saturated heterocycles. The lowest BCUT2D eigenvalue weighted by Crippen LogP contribution is -2.04. The van der Waals surface area contributed by atoms with Gasteiger partial charge in [0.1, 0.15) is 0 Å². The lowest BCUT2D eigenvalue weighted by atomic mass is 10.2. The van der Waals surface area contributed by atoms with Crippen molar-refractivity contribution >= 4 is 10.9 Å². The zero-order valence-electron chi connectivity index (χ0n) is 12.0. The fraction of sp³-hybridized carbons (Fsp3) is 0.263. The summed E-state index contributed by atoms with van der Waals surface area (Å²) >= 11 is 0. The van der Waals surface area contributed by atoms with Gasteiger partial charge in [-0.15, -0.1) is 0 Å². The molecule has 0 saturated carbocycles. The van der Waals surface area contributed by atoms with Crippen molar-refractivity contribution in [2.45, 2.75) is 32.7 Å². The first-order valence-corrected chi connectivity index (χ1v) is 7.49. The summed E-state index contributed by atoms with van der Waals surface area (Å²) in [5.74, 6) is 0. The Kier molecular flexibility index (Phi) is 3.87. The smallest absolute Gasteiger partial charge is 0.0485 e. The molecule has 0 aliphatic carbocycles. The first-order valence-electron chi connectivity index (χ1n) is 7.49. The van der Waals surface area contributed by atoms with Gasteiger partial charge in [-0.05, 0) is 35.9 Å². The Bertz CT molecular complexity index is 679. The molecule has 0 spiro atoms. The summed E-state index contributed by atoms with van der Waals surface area (Å²) in [6.45, 7) is 3.22. The molecule has 2 aromatic carbocycles. The van der Waals surface area contributed by atoms with E-state index in [0.717, 1.165) is 13.0 Å². The molecule has 1 heterocycles. The molecule has 0 radical (unpaired) electrons. The van der Waals surface area contributed by atoms with E-state index in [0.29, 0.717) is 0 Å². The number of rotatable bonds is 5. The second kappa shape index (κ2) is 5.96. The highest BCUT2D eigenvalue weighted by molar-refractivity contribution is 5.81. The molecule has 0 N–H and O–H groups in total. The van der Waals surface area contributed by atoms with Crippen molar-refractivity contribution in [3.05, 3.63) is 71.9 Å². The lowest BCUT2D eigenvalue weighted by molar-refractivity contribution is 0.711. The molecule has 0 atom stereocenters. The maximum absolute atomic E-state index is 2.47. The summed E-state index contributed by atoms with van der Waals surface area (Å²) in [6.07, 6.45) is 3.66. The molecule has 0 aliphatic rings. The van der Waals surface area contributed by atoms with Gasteiger partial charge in [0.25, 0.3) is 0 Å². The van der Waals surface area contributed by atoms with Crippen LogP contribution in [-0.2, 0) is 13.0 Å². The van der Waals surface area contributed by atoms with Crippen molar-refractivity contribution in [2.24, 2.45) is 0 Å². The van der Waals surface area contributed by atoms with Crippen molar-refractivity contribution < 1.29 is 0 Å². The maximum atomic E-state index is 2.47. The topological polar surface area (TPSA) is 4.93 Å². The van der Waals surface area contributed by atoms with Crippen LogP contribution in [0.4, 0.5) is 0 Å². The van der Waals surface area contributed by atoms with Crippen LogP contribution in [-0.4, -0.2) is 4.57 Å². The van der Waals surface area contributed by atoms with E-state index in [2.05, 4.69) is 72.2 Å². The number of hydrogen-bond acceptors (Lipinski definition) is 0. The Morgan fingerprint density at radius 3 is 2.45 bits per heavy atom. The second-order valence-corrected chi connectivity index (χ2v) is 5.37. The zero-order valence-corrected chi connectivity index (χ0v) is 12.0. The minimum Gasteiger partial charge on any atom is -0.340 e. The van der Waals surface area contributed by atoms with Crippen LogP contribution in [0.15, 0.2) is 60.7 Å². The van der Waals surface area contributed by atoms with E-state index < -0.39 is 0 Å². The highest BCUT2D eigenvalue weighted by Crippen LogP contribution is 2.22. The molecule has 0 bridgehead atoms. The van der Waals surface area contributed by atoms with Gasteiger partial charge in [-0.3, -0.25) is 0 Å². The van der Waals surface area contributed by atoms with Crippen LogP contribution in [0.1, 0.15) is 31.0 Å². The molecular weight excluding hydrogens is 242 g/mol. The Balaban J connectivity index is 2.01. The van der Waals surface area contributed by atoms with E-state index in [4.69, 9.17) is 0 Å². The van der Waals surface area contributed by atoms with Gasteiger partial charge in [-0.25, -0.2) is 0 Å². The Morgan fingerprint density at radius 2 is 1.65 bits per heavy atom. The number of fused-ring (bicyclic) bond motifs is 1. The summed E-state index contributed by atoms with van der Waals surface area (Å²) in [5.41, 5.74) is 4.17. The van der Waals surface area contributed by atoms with Crippen LogP contribution in [0.5, 0.6) is 0 Å². The molecule has 3 rings (SSSR count). The van der Waals surface area contributed by atoms with Crippen LogP contribution in [0.25, 0.3) is 10.9 Å². The first-order chi connectivity index (χ1) is 9.88. The van der Waals surface area contributed by atoms with Gasteiger partial charge in [-0.2, -0.15) is 0 Å². The first kappa shape index (κ1) is 13.0. The molecule has 20 heavy (non-hydrogen) atoms. The normalized spacial score (nSPS) is 11.1. The van der Waals surface area contributed by atoms with E-state index in [1.165, 1.54) is 35.0 Å². The fourth-order valence-electron chi connectivity index (χ4n) is 2.79. The van der Waals surface area contributed by atoms with Crippen LogP contribution in [0, 0.1) is 0 Å². The van der Waals surface area contributed by atoms with E-state index >= 15 is 0 Å². The van der Waals surface area contributed by atoms with Crippen molar-refractivity contribution in [3.8, 4) is 0 Å². The Hall–Kier alpha value is -2.02. The number of aryl methyl sites for hydroxylation is 1. The van der Waals surface area contributed by atoms with Gasteiger partial charge in [0.05, 0.1) is 0 Å². The third-order valence-corrected chi connectivity index (χ3v) is 3.87. The van der Waals surface area contributed by atoms with Crippen LogP contribution in [0.3, 0.4) is 0 Å². The number of aromatic nitrogens is 1. The van der Waals surface area contributed by atoms with Gasteiger partial charge >= 0.3 is 0 Å². The Labute approximate surface area is 120 Å². The van der Waals surface area contributed by atoms with Crippen molar-refractivity contribution in [1.29, 1.82) is 0 Å². The maximum Gasteiger partial charge on any atom is 0.0485 e. The summed E-state index contributed by atoms with van der Waals surface area (Å²) in [7, 11) is 0. The summed E-state index contributed by atoms with van der Waals surface area (Å²) in [4.78, 5) is 0. The van der Waals surface area contributed by atoms with Crippen molar-refractivity contribution in [3.63, 3.8) is 0 Å². The highest BCUT2D eigenvalue weighted by Gasteiger charge is 2.08. The van der Waals surface area contributed by atoms with Gasteiger partial charge < -0.3 is 4.57 Å². The van der Waals surface area contributed by atoms with Gasteiger partial charge in [0.2, 0.25) is 0 Å².